The summed E-state index contributed by atoms with van der Waals surface area (Å²) in [5.74, 6) is -1.36. The van der Waals surface area contributed by atoms with E-state index in [-0.39, 0.29) is 24.7 Å². The number of benzene rings is 1. The van der Waals surface area contributed by atoms with Gasteiger partial charge in [0.15, 0.2) is 0 Å². The van der Waals surface area contributed by atoms with Gasteiger partial charge in [-0.3, -0.25) is 4.79 Å². The molecule has 5 nitrogen and oxygen atoms in total. The summed E-state index contributed by atoms with van der Waals surface area (Å²) in [6.07, 6.45) is 0.686. The molecule has 0 saturated heterocycles. The number of carbonyl (C=O) groups excluding carboxylic acids is 1. The van der Waals surface area contributed by atoms with Gasteiger partial charge in [-0.05, 0) is 46.7 Å². The molecule has 0 heterocycles. The molecule has 1 aromatic carbocycles. The lowest BCUT2D eigenvalue weighted by molar-refractivity contribution is -0.138. The third kappa shape index (κ3) is 5.72. The molecular formula is C13H16FIN2O3. The van der Waals surface area contributed by atoms with Crippen molar-refractivity contribution in [2.24, 2.45) is 5.92 Å². The second kappa shape index (κ2) is 8.03. The molecule has 0 saturated carbocycles. The van der Waals surface area contributed by atoms with Crippen LogP contribution >= 0.6 is 22.6 Å². The Morgan fingerprint density at radius 2 is 2.15 bits per heavy atom. The zero-order valence-electron chi connectivity index (χ0n) is 11.0. The summed E-state index contributed by atoms with van der Waals surface area (Å²) in [6, 6.07) is 3.62. The van der Waals surface area contributed by atoms with Gasteiger partial charge < -0.3 is 15.7 Å². The molecular weight excluding hydrogens is 378 g/mol. The predicted molar refractivity (Wildman–Crippen MR) is 82.2 cm³/mol. The molecule has 0 aliphatic carbocycles. The van der Waals surface area contributed by atoms with E-state index in [2.05, 4.69) is 10.6 Å². The second-order valence-corrected chi connectivity index (χ2v) is 5.49. The number of carbonyl (C=O) groups is 2. The summed E-state index contributed by atoms with van der Waals surface area (Å²) < 4.78 is 13.5. The Kier molecular flexibility index (Phi) is 6.69. The number of halogens is 2. The summed E-state index contributed by atoms with van der Waals surface area (Å²) in [5.41, 5.74) is 0.510. The smallest absolute Gasteiger partial charge is 0.319 e. The molecule has 0 aliphatic heterocycles. The molecule has 3 N–H and O–H groups in total. The lowest BCUT2D eigenvalue weighted by Gasteiger charge is -2.14. The van der Waals surface area contributed by atoms with Gasteiger partial charge in [0.25, 0.3) is 0 Å². The number of rotatable bonds is 6. The standard InChI is InChI=1S/C13H16FIN2O3/c1-2-8(5-12(18)19)7-16-13(20)17-11-4-3-9(14)6-10(11)15/h3-4,6,8H,2,5,7H2,1H3,(H,18,19)(H2,16,17,20). The minimum Gasteiger partial charge on any atom is -0.481 e. The fourth-order valence-corrected chi connectivity index (χ4v) is 2.21. The molecule has 110 valence electrons. The summed E-state index contributed by atoms with van der Waals surface area (Å²) >= 11 is 1.92. The lowest BCUT2D eigenvalue weighted by Crippen LogP contribution is -2.33. The zero-order valence-corrected chi connectivity index (χ0v) is 13.1. The van der Waals surface area contributed by atoms with Crippen LogP contribution in [0.3, 0.4) is 0 Å². The van der Waals surface area contributed by atoms with Crippen molar-refractivity contribution >= 4 is 40.3 Å². The number of amides is 2. The van der Waals surface area contributed by atoms with E-state index in [1.165, 1.54) is 18.2 Å². The van der Waals surface area contributed by atoms with Crippen LogP contribution in [0.4, 0.5) is 14.9 Å². The maximum Gasteiger partial charge on any atom is 0.319 e. The van der Waals surface area contributed by atoms with Crippen LogP contribution in [0, 0.1) is 15.3 Å². The maximum atomic E-state index is 12.9. The molecule has 0 aromatic heterocycles. The molecule has 2 amide bonds. The molecule has 0 fully saturated rings. The third-order valence-electron chi connectivity index (χ3n) is 2.77. The van der Waals surface area contributed by atoms with Gasteiger partial charge in [-0.25, -0.2) is 9.18 Å². The molecule has 1 unspecified atom stereocenters. The van der Waals surface area contributed by atoms with Crippen molar-refractivity contribution in [3.63, 3.8) is 0 Å². The van der Waals surface area contributed by atoms with Crippen molar-refractivity contribution in [3.8, 4) is 0 Å². The van der Waals surface area contributed by atoms with E-state index < -0.39 is 12.0 Å². The van der Waals surface area contributed by atoms with Crippen molar-refractivity contribution < 1.29 is 19.1 Å². The van der Waals surface area contributed by atoms with Crippen LogP contribution in [0.2, 0.25) is 0 Å². The van der Waals surface area contributed by atoms with Crippen LogP contribution in [0.15, 0.2) is 18.2 Å². The van der Waals surface area contributed by atoms with Gasteiger partial charge in [0.1, 0.15) is 5.82 Å². The maximum absolute atomic E-state index is 12.9. The van der Waals surface area contributed by atoms with Gasteiger partial charge in [0.05, 0.1) is 5.69 Å². The fraction of sp³-hybridized carbons (Fsp3) is 0.385. The first-order chi connectivity index (χ1) is 9.42. The highest BCUT2D eigenvalue weighted by molar-refractivity contribution is 14.1. The van der Waals surface area contributed by atoms with Crippen molar-refractivity contribution in [1.82, 2.24) is 5.32 Å². The van der Waals surface area contributed by atoms with Gasteiger partial charge in [0.2, 0.25) is 0 Å². The van der Waals surface area contributed by atoms with Gasteiger partial charge in [-0.2, -0.15) is 0 Å². The van der Waals surface area contributed by atoms with Crippen LogP contribution in [0.1, 0.15) is 19.8 Å². The molecule has 20 heavy (non-hydrogen) atoms. The number of hydrogen-bond donors (Lipinski definition) is 3. The molecule has 0 bridgehead atoms. The summed E-state index contributed by atoms with van der Waals surface area (Å²) in [4.78, 5) is 22.3. The normalized spacial score (nSPS) is 11.8. The Morgan fingerprint density at radius 1 is 1.45 bits per heavy atom. The van der Waals surface area contributed by atoms with E-state index in [1.54, 1.807) is 0 Å². The number of carboxylic acids is 1. The molecule has 1 atom stereocenters. The van der Waals surface area contributed by atoms with Crippen LogP contribution in [0.25, 0.3) is 0 Å². The van der Waals surface area contributed by atoms with E-state index in [1.807, 2.05) is 29.5 Å². The summed E-state index contributed by atoms with van der Waals surface area (Å²) in [6.45, 7) is 2.16. The third-order valence-corrected chi connectivity index (χ3v) is 3.66. The highest BCUT2D eigenvalue weighted by Gasteiger charge is 2.13. The Bertz CT molecular complexity index is 497. The number of aliphatic carboxylic acids is 1. The lowest BCUT2D eigenvalue weighted by atomic mass is 10.0. The quantitative estimate of drug-likeness (QED) is 0.649. The van der Waals surface area contributed by atoms with Crippen LogP contribution in [-0.2, 0) is 4.79 Å². The zero-order chi connectivity index (χ0) is 15.1. The number of nitrogens with one attached hydrogen (secondary N) is 2. The average molecular weight is 394 g/mol. The second-order valence-electron chi connectivity index (χ2n) is 4.33. The predicted octanol–water partition coefficient (Wildman–Crippen LogP) is 3.05. The van der Waals surface area contributed by atoms with E-state index in [4.69, 9.17) is 5.11 Å². The van der Waals surface area contributed by atoms with Crippen molar-refractivity contribution in [3.05, 3.63) is 27.6 Å². The Labute approximate surface area is 130 Å². The SMILES string of the molecule is CCC(CNC(=O)Nc1ccc(F)cc1I)CC(=O)O. The molecule has 0 radical (unpaired) electrons. The molecule has 1 rings (SSSR count). The van der Waals surface area contributed by atoms with Crippen LogP contribution < -0.4 is 10.6 Å². The van der Waals surface area contributed by atoms with Gasteiger partial charge >= 0.3 is 12.0 Å². The highest BCUT2D eigenvalue weighted by Crippen LogP contribution is 2.18. The Balaban J connectivity index is 2.49. The number of carboxylic acid groups (broad SMARTS) is 1. The van der Waals surface area contributed by atoms with E-state index in [0.29, 0.717) is 15.7 Å². The van der Waals surface area contributed by atoms with E-state index >= 15 is 0 Å². The minimum absolute atomic E-state index is 0.0187. The average Bonchev–Trinajstić information content (AvgIpc) is 2.37. The van der Waals surface area contributed by atoms with Gasteiger partial charge in [-0.1, -0.05) is 13.3 Å². The Morgan fingerprint density at radius 3 is 2.70 bits per heavy atom. The van der Waals surface area contributed by atoms with Crippen molar-refractivity contribution in [1.29, 1.82) is 0 Å². The first kappa shape index (κ1) is 16.7. The molecule has 0 spiro atoms. The molecule has 1 aromatic rings. The first-order valence-electron chi connectivity index (χ1n) is 6.14. The van der Waals surface area contributed by atoms with Gasteiger partial charge in [-0.15, -0.1) is 0 Å². The molecule has 7 heteroatoms. The Hall–Kier alpha value is -1.38. The number of hydrogen-bond acceptors (Lipinski definition) is 2. The molecule has 0 aliphatic rings. The monoisotopic (exact) mass is 394 g/mol. The van der Waals surface area contributed by atoms with Crippen molar-refractivity contribution in [2.45, 2.75) is 19.8 Å². The summed E-state index contributed by atoms with van der Waals surface area (Å²) in [5, 5.41) is 13.9. The largest absolute Gasteiger partial charge is 0.481 e. The fourth-order valence-electron chi connectivity index (χ4n) is 1.60. The first-order valence-corrected chi connectivity index (χ1v) is 7.22. The number of urea groups is 1. The highest BCUT2D eigenvalue weighted by atomic mass is 127. The van der Waals surface area contributed by atoms with E-state index in [0.717, 1.165) is 0 Å². The van der Waals surface area contributed by atoms with Crippen molar-refractivity contribution in [2.75, 3.05) is 11.9 Å². The van der Waals surface area contributed by atoms with E-state index in [9.17, 15) is 14.0 Å². The minimum atomic E-state index is -0.882. The number of anilines is 1. The summed E-state index contributed by atoms with van der Waals surface area (Å²) in [7, 11) is 0. The van der Waals surface area contributed by atoms with Crippen LogP contribution in [-0.4, -0.2) is 23.7 Å². The van der Waals surface area contributed by atoms with Gasteiger partial charge in [0, 0.05) is 16.5 Å². The topological polar surface area (TPSA) is 78.4 Å². The van der Waals surface area contributed by atoms with Crippen LogP contribution in [0.5, 0.6) is 0 Å².